The first kappa shape index (κ1) is 13.3. The largest absolute Gasteiger partial charge is 0.338 e. The van der Waals surface area contributed by atoms with Crippen LogP contribution in [0.2, 0.25) is 0 Å². The normalized spacial score (nSPS) is 18.0. The molecule has 0 aliphatic carbocycles. The Bertz CT molecular complexity index is 626. The van der Waals surface area contributed by atoms with E-state index in [9.17, 15) is 9.59 Å². The van der Waals surface area contributed by atoms with E-state index >= 15 is 0 Å². The van der Waals surface area contributed by atoms with Crippen LogP contribution in [0, 0.1) is 5.92 Å². The highest BCUT2D eigenvalue weighted by Crippen LogP contribution is 2.21. The zero-order valence-electron chi connectivity index (χ0n) is 11.3. The third kappa shape index (κ3) is 3.07. The van der Waals surface area contributed by atoms with Gasteiger partial charge in [-0.2, -0.15) is 10.1 Å². The highest BCUT2D eigenvalue weighted by atomic mass is 16.2. The number of likely N-dealkylation sites (tertiary alicyclic amines) is 1. The summed E-state index contributed by atoms with van der Waals surface area (Å²) < 4.78 is 0. The van der Waals surface area contributed by atoms with Crippen LogP contribution in [0.1, 0.15) is 12.0 Å². The Labute approximate surface area is 121 Å². The van der Waals surface area contributed by atoms with Crippen molar-refractivity contribution in [1.29, 1.82) is 0 Å². The topological polar surface area (TPSA) is 91.0 Å². The van der Waals surface area contributed by atoms with Gasteiger partial charge in [0, 0.05) is 19.5 Å². The van der Waals surface area contributed by atoms with Crippen molar-refractivity contribution in [3.05, 3.63) is 42.2 Å². The van der Waals surface area contributed by atoms with Gasteiger partial charge in [0.15, 0.2) is 0 Å². The van der Waals surface area contributed by atoms with Crippen molar-refractivity contribution in [2.24, 2.45) is 5.92 Å². The van der Waals surface area contributed by atoms with Gasteiger partial charge in [0.25, 0.3) is 0 Å². The molecular weight excluding hydrogens is 270 g/mol. The highest BCUT2D eigenvalue weighted by molar-refractivity contribution is 5.96. The Morgan fingerprint density at radius 3 is 2.90 bits per heavy atom. The molecule has 2 N–H and O–H groups in total. The number of nitrogens with one attached hydrogen (secondary N) is 2. The fourth-order valence-corrected chi connectivity index (χ4v) is 2.39. The zero-order valence-corrected chi connectivity index (χ0v) is 11.3. The lowest BCUT2D eigenvalue weighted by molar-refractivity contribution is -0.128. The second kappa shape index (κ2) is 5.74. The number of anilines is 1. The lowest BCUT2D eigenvalue weighted by Crippen LogP contribution is -2.28. The predicted octanol–water partition coefficient (Wildman–Crippen LogP) is 0.792. The SMILES string of the molecule is O=C(Nc1ncn[nH]1)[C@@H]1CC(=O)N(Cc2ccccc2)C1. The molecule has 1 aliphatic heterocycles. The van der Waals surface area contributed by atoms with Gasteiger partial charge in [-0.05, 0) is 5.56 Å². The number of benzene rings is 1. The van der Waals surface area contributed by atoms with Crippen molar-refractivity contribution in [2.45, 2.75) is 13.0 Å². The van der Waals surface area contributed by atoms with E-state index in [-0.39, 0.29) is 24.2 Å². The number of hydrogen-bond donors (Lipinski definition) is 2. The highest BCUT2D eigenvalue weighted by Gasteiger charge is 2.34. The number of rotatable bonds is 4. The molecule has 1 atom stereocenters. The first-order chi connectivity index (χ1) is 10.2. The van der Waals surface area contributed by atoms with E-state index in [2.05, 4.69) is 20.5 Å². The molecule has 0 bridgehead atoms. The molecule has 21 heavy (non-hydrogen) atoms. The summed E-state index contributed by atoms with van der Waals surface area (Å²) in [6.45, 7) is 0.958. The van der Waals surface area contributed by atoms with Gasteiger partial charge in [-0.3, -0.25) is 14.9 Å². The first-order valence-corrected chi connectivity index (χ1v) is 6.70. The van der Waals surface area contributed by atoms with Gasteiger partial charge < -0.3 is 4.90 Å². The Morgan fingerprint density at radius 1 is 1.38 bits per heavy atom. The van der Waals surface area contributed by atoms with Crippen molar-refractivity contribution in [1.82, 2.24) is 20.1 Å². The van der Waals surface area contributed by atoms with Gasteiger partial charge in [-0.15, -0.1) is 0 Å². The molecule has 0 unspecified atom stereocenters. The third-order valence-electron chi connectivity index (χ3n) is 3.46. The molecular formula is C14H15N5O2. The number of carbonyl (C=O) groups is 2. The monoisotopic (exact) mass is 285 g/mol. The van der Waals surface area contributed by atoms with Crippen LogP contribution in [-0.2, 0) is 16.1 Å². The van der Waals surface area contributed by atoms with Crippen LogP contribution in [0.25, 0.3) is 0 Å². The molecule has 3 rings (SSSR count). The van der Waals surface area contributed by atoms with Crippen molar-refractivity contribution in [2.75, 3.05) is 11.9 Å². The molecule has 1 aromatic heterocycles. The van der Waals surface area contributed by atoms with Gasteiger partial charge in [-0.25, -0.2) is 5.10 Å². The summed E-state index contributed by atoms with van der Waals surface area (Å²) in [5.74, 6) is -0.271. The summed E-state index contributed by atoms with van der Waals surface area (Å²) >= 11 is 0. The van der Waals surface area contributed by atoms with Crippen molar-refractivity contribution < 1.29 is 9.59 Å². The van der Waals surface area contributed by atoms with E-state index in [1.165, 1.54) is 6.33 Å². The Hall–Kier alpha value is -2.70. The molecule has 2 amide bonds. The average Bonchev–Trinajstić information content (AvgIpc) is 3.11. The van der Waals surface area contributed by atoms with Crippen LogP contribution in [0.5, 0.6) is 0 Å². The van der Waals surface area contributed by atoms with Gasteiger partial charge in [0.05, 0.1) is 5.92 Å². The van der Waals surface area contributed by atoms with Crippen molar-refractivity contribution in [3.8, 4) is 0 Å². The minimum atomic E-state index is -0.355. The summed E-state index contributed by atoms with van der Waals surface area (Å²) in [6.07, 6.45) is 1.55. The van der Waals surface area contributed by atoms with E-state index in [0.29, 0.717) is 19.0 Å². The summed E-state index contributed by atoms with van der Waals surface area (Å²) in [5.41, 5.74) is 1.06. The van der Waals surface area contributed by atoms with Crippen LogP contribution < -0.4 is 5.32 Å². The fourth-order valence-electron chi connectivity index (χ4n) is 2.39. The van der Waals surface area contributed by atoms with E-state index in [1.807, 2.05) is 30.3 Å². The van der Waals surface area contributed by atoms with Gasteiger partial charge in [0.2, 0.25) is 17.8 Å². The Balaban J connectivity index is 1.60. The maximum absolute atomic E-state index is 12.1. The Morgan fingerprint density at radius 2 is 2.19 bits per heavy atom. The molecule has 0 radical (unpaired) electrons. The average molecular weight is 285 g/mol. The summed E-state index contributed by atoms with van der Waals surface area (Å²) in [4.78, 5) is 29.6. The molecule has 1 fully saturated rings. The van der Waals surface area contributed by atoms with Crippen LogP contribution >= 0.6 is 0 Å². The zero-order chi connectivity index (χ0) is 14.7. The van der Waals surface area contributed by atoms with Crippen molar-refractivity contribution >= 4 is 17.8 Å². The van der Waals surface area contributed by atoms with Crippen LogP contribution in [-0.4, -0.2) is 38.4 Å². The summed E-state index contributed by atoms with van der Waals surface area (Å²) in [7, 11) is 0. The third-order valence-corrected chi connectivity index (χ3v) is 3.46. The molecule has 2 heterocycles. The van der Waals surface area contributed by atoms with E-state index in [1.54, 1.807) is 4.90 Å². The number of amides is 2. The minimum Gasteiger partial charge on any atom is -0.338 e. The molecule has 7 nitrogen and oxygen atoms in total. The quantitative estimate of drug-likeness (QED) is 0.869. The maximum atomic E-state index is 12.1. The number of aromatic amines is 1. The van der Waals surface area contributed by atoms with Crippen LogP contribution in [0.15, 0.2) is 36.7 Å². The van der Waals surface area contributed by atoms with Gasteiger partial charge >= 0.3 is 0 Å². The first-order valence-electron chi connectivity index (χ1n) is 6.70. The lowest BCUT2D eigenvalue weighted by Gasteiger charge is -2.16. The molecule has 108 valence electrons. The predicted molar refractivity (Wildman–Crippen MR) is 75.0 cm³/mol. The van der Waals surface area contributed by atoms with Crippen molar-refractivity contribution in [3.63, 3.8) is 0 Å². The van der Waals surface area contributed by atoms with Gasteiger partial charge in [-0.1, -0.05) is 30.3 Å². The van der Waals surface area contributed by atoms with Crippen LogP contribution in [0.4, 0.5) is 5.95 Å². The van der Waals surface area contributed by atoms with E-state index in [4.69, 9.17) is 0 Å². The smallest absolute Gasteiger partial charge is 0.232 e. The minimum absolute atomic E-state index is 0.00317. The molecule has 7 heteroatoms. The second-order valence-corrected chi connectivity index (χ2v) is 4.98. The number of aromatic nitrogens is 3. The van der Waals surface area contributed by atoms with E-state index in [0.717, 1.165) is 5.56 Å². The van der Waals surface area contributed by atoms with Crippen LogP contribution in [0.3, 0.4) is 0 Å². The summed E-state index contributed by atoms with van der Waals surface area (Å²) in [5, 5.41) is 8.84. The molecule has 1 aliphatic rings. The second-order valence-electron chi connectivity index (χ2n) is 4.98. The lowest BCUT2D eigenvalue weighted by atomic mass is 10.1. The molecule has 1 aromatic carbocycles. The van der Waals surface area contributed by atoms with Gasteiger partial charge in [0.1, 0.15) is 6.33 Å². The number of H-pyrrole nitrogens is 1. The van der Waals surface area contributed by atoms with E-state index < -0.39 is 0 Å². The molecule has 0 spiro atoms. The Kier molecular flexibility index (Phi) is 3.63. The maximum Gasteiger partial charge on any atom is 0.232 e. The standard InChI is InChI=1S/C14H15N5O2/c20-12-6-11(13(21)17-14-15-9-16-18-14)8-19(12)7-10-4-2-1-3-5-10/h1-5,9,11H,6-8H2,(H2,15,16,17,18,21)/t11-/m1/s1. The molecule has 1 saturated heterocycles. The fraction of sp³-hybridized carbons (Fsp3) is 0.286. The number of carbonyl (C=O) groups excluding carboxylic acids is 2. The number of nitrogens with zero attached hydrogens (tertiary/aromatic N) is 3. The molecule has 2 aromatic rings. The molecule has 0 saturated carbocycles. The number of hydrogen-bond acceptors (Lipinski definition) is 4. The summed E-state index contributed by atoms with van der Waals surface area (Å²) in [6, 6.07) is 9.74.